The second kappa shape index (κ2) is 28.4. The lowest BCUT2D eigenvalue weighted by Gasteiger charge is -2.18. The van der Waals surface area contributed by atoms with E-state index >= 15 is 0 Å². The van der Waals surface area contributed by atoms with Gasteiger partial charge in [0.05, 0.1) is 48.2 Å². The number of aliphatic imine (C=N–C) groups is 2. The van der Waals surface area contributed by atoms with Crippen molar-refractivity contribution in [2.75, 3.05) is 33.9 Å². The number of aliphatic hydroxyl groups is 2. The Morgan fingerprint density at radius 3 is 2.44 bits per heavy atom. The van der Waals surface area contributed by atoms with Crippen LogP contribution in [0.5, 0.6) is 0 Å². The summed E-state index contributed by atoms with van der Waals surface area (Å²) in [5, 5.41) is 35.8. The Kier molecular flexibility index (Phi) is 22.5. The first kappa shape index (κ1) is 57.8. The average Bonchev–Trinajstić information content (AvgIpc) is 3.95. The van der Waals surface area contributed by atoms with E-state index in [1.807, 2.05) is 58.4 Å². The zero-order valence-corrected chi connectivity index (χ0v) is 49.7. The van der Waals surface area contributed by atoms with Gasteiger partial charge in [0.15, 0.2) is 0 Å². The molecule has 0 radical (unpaired) electrons. The van der Waals surface area contributed by atoms with Gasteiger partial charge in [0, 0.05) is 137 Å². The summed E-state index contributed by atoms with van der Waals surface area (Å²) in [4.78, 5) is 21.4. The van der Waals surface area contributed by atoms with Crippen LogP contribution in [0, 0.1) is 0 Å². The SMILES string of the molecule is C=C/C=C(\C=C(/C)CN/C(N=C(C)NC)=c1\c(-c2ccc3ncc(SS/C(C=C)=C/c4cc(C5=CN(SI)C(=NCNC)/C5=C(\C)NCc5cc(CO)ccn5)ccc4C(C)C)cc3c2)cn(SI)c1=C)CO. The summed E-state index contributed by atoms with van der Waals surface area (Å²) in [5.41, 5.74) is 12.8. The quantitative estimate of drug-likeness (QED) is 0.00922. The highest BCUT2D eigenvalue weighted by atomic mass is 127. The Labute approximate surface area is 470 Å². The van der Waals surface area contributed by atoms with Gasteiger partial charge in [0.1, 0.15) is 17.5 Å². The molecule has 1 aliphatic rings. The van der Waals surface area contributed by atoms with E-state index in [-0.39, 0.29) is 19.1 Å². The molecule has 0 amide bonds. The molecule has 0 atom stereocenters. The predicted molar refractivity (Wildman–Crippen MR) is 334 cm³/mol. The maximum atomic E-state index is 9.86. The first-order valence-corrected chi connectivity index (χ1v) is 32.1. The maximum Gasteiger partial charge on any atom is 0.149 e. The van der Waals surface area contributed by atoms with Crippen molar-refractivity contribution in [1.82, 2.24) is 39.5 Å². The van der Waals surface area contributed by atoms with Gasteiger partial charge in [-0.1, -0.05) is 103 Å². The summed E-state index contributed by atoms with van der Waals surface area (Å²) in [5.74, 6) is 2.56. The third-order valence-electron chi connectivity index (χ3n) is 11.6. The lowest BCUT2D eigenvalue weighted by Crippen LogP contribution is -2.33. The highest BCUT2D eigenvalue weighted by molar-refractivity contribution is 14.2. The van der Waals surface area contributed by atoms with Crippen molar-refractivity contribution in [3.8, 4) is 11.1 Å². The van der Waals surface area contributed by atoms with Gasteiger partial charge in [-0.15, -0.1) is 0 Å². The highest BCUT2D eigenvalue weighted by Gasteiger charge is 2.30. The summed E-state index contributed by atoms with van der Waals surface area (Å²) < 4.78 is 4.16. The van der Waals surface area contributed by atoms with Crippen LogP contribution in [-0.2, 0) is 13.2 Å². The van der Waals surface area contributed by atoms with Crippen LogP contribution in [0.3, 0.4) is 0 Å². The Hall–Kier alpha value is -4.52. The van der Waals surface area contributed by atoms with Gasteiger partial charge in [0.25, 0.3) is 0 Å². The summed E-state index contributed by atoms with van der Waals surface area (Å²) >= 11 is 4.59. The monoisotopic (exact) mass is 1280 g/mol. The topological polar surface area (TPSA) is 147 Å². The lowest BCUT2D eigenvalue weighted by atomic mass is 9.91. The third-order valence-corrected chi connectivity index (χ3v) is 17.4. The molecular formula is C55H62I2N10O2S4. The number of halogens is 2. The first-order chi connectivity index (χ1) is 35.3. The first-order valence-electron chi connectivity index (χ1n) is 23.3. The van der Waals surface area contributed by atoms with Gasteiger partial charge >= 0.3 is 0 Å². The van der Waals surface area contributed by atoms with Gasteiger partial charge in [-0.2, -0.15) is 0 Å². The Balaban J connectivity index is 1.33. The van der Waals surface area contributed by atoms with Gasteiger partial charge < -0.3 is 31.5 Å². The highest BCUT2D eigenvalue weighted by Crippen LogP contribution is 2.42. The summed E-state index contributed by atoms with van der Waals surface area (Å²) in [6.07, 6.45) is 17.5. The van der Waals surface area contributed by atoms with Crippen molar-refractivity contribution < 1.29 is 10.2 Å². The van der Waals surface area contributed by atoms with Crippen molar-refractivity contribution in [2.24, 2.45) is 9.98 Å². The average molecular weight is 1280 g/mol. The van der Waals surface area contributed by atoms with Crippen molar-refractivity contribution >= 4 is 129 Å². The third kappa shape index (κ3) is 15.1. The van der Waals surface area contributed by atoms with Crippen LogP contribution in [0.1, 0.15) is 68.5 Å². The van der Waals surface area contributed by atoms with E-state index in [2.05, 4.69) is 178 Å². The van der Waals surface area contributed by atoms with E-state index < -0.39 is 0 Å². The number of aromatic nitrogens is 3. The number of benzene rings is 2. The van der Waals surface area contributed by atoms with Gasteiger partial charge in [-0.3, -0.25) is 23.2 Å². The minimum Gasteiger partial charge on any atom is -0.392 e. The smallest absolute Gasteiger partial charge is 0.149 e. The zero-order chi connectivity index (χ0) is 52.6. The molecule has 6 rings (SSSR count). The lowest BCUT2D eigenvalue weighted by molar-refractivity contribution is 0.281. The fourth-order valence-electron chi connectivity index (χ4n) is 7.90. The number of nitrogens with zero attached hydrogens (tertiary/aromatic N) is 6. The second-order valence-corrected chi connectivity index (χ2v) is 22.8. The Morgan fingerprint density at radius 2 is 1.75 bits per heavy atom. The molecule has 0 fully saturated rings. The van der Waals surface area contributed by atoms with Crippen LogP contribution in [0.2, 0.25) is 0 Å². The van der Waals surface area contributed by atoms with Crippen LogP contribution < -0.4 is 31.8 Å². The molecule has 0 saturated heterocycles. The van der Waals surface area contributed by atoms with Crippen LogP contribution >= 0.6 is 82.2 Å². The number of amidine groups is 2. The van der Waals surface area contributed by atoms with Gasteiger partial charge in [-0.25, -0.2) is 4.99 Å². The standard InChI is InChI=1S/C55H62I2N10O2S4/c1-11-13-39(31-68)20-35(5)26-63-54(65-38(8)59-10)53-37(7)66(72-56)29-50(53)42-15-17-51-44(23-42)25-47(28-62-51)71-70-46(12-2)24-43-22-41(14-16-48(43)34(3)4)49-30-67(73-57)55(64-33-58-9)52(49)36(6)61-27-45-21-40(32-69)18-19-60-45/h11-25,28-30,34,58,61,63,68-69H,1-2,7,26-27,31-33H2,3-6,8-10H3,(H,59,65)/b35-20+,39-13+,46-24+,52-36+,54-53+,64-55?. The number of rotatable bonds is 23. The Bertz CT molecular complexity index is 3180. The molecule has 0 aliphatic carbocycles. The number of nitrogens with one attached hydrogen (secondary N) is 4. The Morgan fingerprint density at radius 1 is 0.959 bits per heavy atom. The molecule has 12 nitrogen and oxygen atoms in total. The van der Waals surface area contributed by atoms with Crippen molar-refractivity contribution in [3.63, 3.8) is 0 Å². The fraction of sp³-hybridized carbons (Fsp3) is 0.236. The number of pyridine rings is 2. The number of allylic oxidation sites excluding steroid dienone is 4. The van der Waals surface area contributed by atoms with Crippen molar-refractivity contribution in [1.29, 1.82) is 0 Å². The summed E-state index contributed by atoms with van der Waals surface area (Å²) in [7, 11) is 10.2. The van der Waals surface area contributed by atoms with E-state index in [1.165, 1.54) is 5.56 Å². The molecule has 0 unspecified atom stereocenters. The van der Waals surface area contributed by atoms with E-state index in [4.69, 9.17) is 15.0 Å². The maximum absolute atomic E-state index is 9.86. The number of hydrogen-bond acceptors (Lipinski definition) is 13. The minimum absolute atomic E-state index is 0.0362. The number of hydrogen-bond donors (Lipinski definition) is 6. The summed E-state index contributed by atoms with van der Waals surface area (Å²) in [6, 6.07) is 19.0. The molecule has 73 heavy (non-hydrogen) atoms. The van der Waals surface area contributed by atoms with Crippen LogP contribution in [0.4, 0.5) is 0 Å². The fourth-order valence-corrected chi connectivity index (χ4v) is 12.4. The second-order valence-electron chi connectivity index (χ2n) is 17.1. The van der Waals surface area contributed by atoms with Crippen molar-refractivity contribution in [3.05, 3.63) is 183 Å². The zero-order valence-electron chi connectivity index (χ0n) is 42.1. The molecule has 6 N–H and O–H groups in total. The molecule has 2 aromatic carbocycles. The van der Waals surface area contributed by atoms with E-state index in [0.717, 1.165) is 104 Å². The molecule has 0 spiro atoms. The molecule has 382 valence electrons. The number of aliphatic hydroxyl groups excluding tert-OH is 2. The van der Waals surface area contributed by atoms with Crippen LogP contribution in [-0.4, -0.2) is 74.0 Å². The molecule has 1 aliphatic heterocycles. The van der Waals surface area contributed by atoms with Crippen molar-refractivity contribution in [2.45, 2.75) is 58.6 Å². The molecule has 18 heteroatoms. The predicted octanol–water partition coefficient (Wildman–Crippen LogP) is 11.6. The molecule has 4 heterocycles. The van der Waals surface area contributed by atoms with Crippen LogP contribution in [0.25, 0.3) is 46.1 Å². The number of fused-ring (bicyclic) bond motifs is 1. The molecule has 0 bridgehead atoms. The molecule has 3 aromatic heterocycles. The minimum atomic E-state index is -0.0803. The van der Waals surface area contributed by atoms with Gasteiger partial charge in [0.2, 0.25) is 0 Å². The van der Waals surface area contributed by atoms with Crippen LogP contribution in [0.15, 0.2) is 159 Å². The van der Waals surface area contributed by atoms with Gasteiger partial charge in [-0.05, 0) is 110 Å². The molecule has 5 aromatic rings. The van der Waals surface area contributed by atoms with E-state index in [9.17, 15) is 10.2 Å². The van der Waals surface area contributed by atoms with E-state index in [1.54, 1.807) is 58.2 Å². The molecule has 0 saturated carbocycles. The normalized spacial score (nSPS) is 15.3. The summed E-state index contributed by atoms with van der Waals surface area (Å²) in [6.45, 7) is 24.4. The van der Waals surface area contributed by atoms with E-state index in [0.29, 0.717) is 25.6 Å². The largest absolute Gasteiger partial charge is 0.392 e. The molecular weight excluding hydrogens is 1210 g/mol.